The fourth-order valence-electron chi connectivity index (χ4n) is 7.50. The minimum atomic E-state index is 0.658. The lowest BCUT2D eigenvalue weighted by Gasteiger charge is -2.20. The van der Waals surface area contributed by atoms with Gasteiger partial charge in [-0.2, -0.15) is 0 Å². The Kier molecular flexibility index (Phi) is 5.02. The van der Waals surface area contributed by atoms with Crippen LogP contribution in [0.3, 0.4) is 0 Å². The molecule has 0 amide bonds. The second-order valence-corrected chi connectivity index (χ2v) is 13.3. The molecular formula is C42H23N3OS. The van der Waals surface area contributed by atoms with E-state index in [1.165, 1.54) is 42.5 Å². The van der Waals surface area contributed by atoms with Gasteiger partial charge in [-0.15, -0.1) is 0 Å². The minimum Gasteiger partial charge on any atom is -0.456 e. The number of nitrogens with zero attached hydrogens (tertiary/aromatic N) is 3. The zero-order valence-corrected chi connectivity index (χ0v) is 25.8. The second kappa shape index (κ2) is 9.32. The third-order valence-electron chi connectivity index (χ3n) is 9.59. The van der Waals surface area contributed by atoms with Gasteiger partial charge in [0, 0.05) is 47.7 Å². The van der Waals surface area contributed by atoms with Crippen LogP contribution in [0, 0.1) is 0 Å². The van der Waals surface area contributed by atoms with Crippen molar-refractivity contribution in [2.45, 2.75) is 9.79 Å². The van der Waals surface area contributed by atoms with Gasteiger partial charge in [0.15, 0.2) is 0 Å². The molecule has 0 atom stereocenters. The van der Waals surface area contributed by atoms with Crippen molar-refractivity contribution in [2.24, 2.45) is 0 Å². The Bertz CT molecular complexity index is 2950. The quantitative estimate of drug-likeness (QED) is 0.194. The Morgan fingerprint density at radius 2 is 1.30 bits per heavy atom. The molecule has 0 N–H and O–H groups in total. The summed E-state index contributed by atoms with van der Waals surface area (Å²) in [4.78, 5) is 13.1. The molecule has 4 nitrogen and oxygen atoms in total. The van der Waals surface area contributed by atoms with E-state index >= 15 is 0 Å². The Labute approximate surface area is 272 Å². The molecule has 0 saturated heterocycles. The van der Waals surface area contributed by atoms with Crippen LogP contribution in [0.5, 0.6) is 0 Å². The fraction of sp³-hybridized carbons (Fsp3) is 0. The summed E-state index contributed by atoms with van der Waals surface area (Å²) >= 11 is 1.85. The fourth-order valence-corrected chi connectivity index (χ4v) is 8.66. The molecule has 4 heterocycles. The summed E-state index contributed by atoms with van der Waals surface area (Å²) < 4.78 is 8.40. The van der Waals surface area contributed by atoms with Gasteiger partial charge < -0.3 is 4.42 Å². The second-order valence-electron chi connectivity index (χ2n) is 12.2. The van der Waals surface area contributed by atoms with Gasteiger partial charge in [-0.05, 0) is 71.1 Å². The van der Waals surface area contributed by atoms with Crippen molar-refractivity contribution < 1.29 is 4.42 Å². The third-order valence-corrected chi connectivity index (χ3v) is 10.7. The summed E-state index contributed by atoms with van der Waals surface area (Å²) in [6.07, 6.45) is 0. The van der Waals surface area contributed by atoms with E-state index in [1.807, 2.05) is 30.0 Å². The van der Waals surface area contributed by atoms with Gasteiger partial charge >= 0.3 is 0 Å². The molecule has 5 heteroatoms. The molecule has 11 rings (SSSR count). The molecule has 3 aromatic heterocycles. The van der Waals surface area contributed by atoms with E-state index < -0.39 is 0 Å². The van der Waals surface area contributed by atoms with Gasteiger partial charge in [-0.25, -0.2) is 9.97 Å². The Morgan fingerprint density at radius 1 is 0.511 bits per heavy atom. The lowest BCUT2D eigenvalue weighted by atomic mass is 9.96. The molecule has 47 heavy (non-hydrogen) atoms. The van der Waals surface area contributed by atoms with Gasteiger partial charge in [-0.1, -0.05) is 96.7 Å². The van der Waals surface area contributed by atoms with Crippen molar-refractivity contribution in [3.05, 3.63) is 140 Å². The van der Waals surface area contributed by atoms with Crippen molar-refractivity contribution >= 4 is 77.2 Å². The van der Waals surface area contributed by atoms with Gasteiger partial charge in [-0.3, -0.25) is 4.57 Å². The first-order chi connectivity index (χ1) is 23.3. The Balaban J connectivity index is 1.20. The summed E-state index contributed by atoms with van der Waals surface area (Å²) in [7, 11) is 0. The standard InChI is InChI=1S/C42H23N3OS/c1-4-15-33-29(13-1)41(25-19-20-37-31(21-25)27-12-3-6-17-36(27)46-37)44-42(43-33)45-34-16-5-2-11-26(34)30-22-32-28-14-7-9-24-10-8-18-38(40(24)28)47-39(32)23-35(30)45/h1-23H. The van der Waals surface area contributed by atoms with Crippen LogP contribution < -0.4 is 0 Å². The number of furan rings is 1. The van der Waals surface area contributed by atoms with E-state index in [2.05, 4.69) is 126 Å². The first-order valence-electron chi connectivity index (χ1n) is 15.7. The third kappa shape index (κ3) is 3.55. The Hall–Kier alpha value is -5.91. The van der Waals surface area contributed by atoms with Crippen molar-refractivity contribution in [2.75, 3.05) is 0 Å². The number of hydrogen-bond acceptors (Lipinski definition) is 4. The lowest BCUT2D eigenvalue weighted by molar-refractivity contribution is 0.669. The van der Waals surface area contributed by atoms with Crippen molar-refractivity contribution in [1.29, 1.82) is 0 Å². The predicted molar refractivity (Wildman–Crippen MR) is 194 cm³/mol. The van der Waals surface area contributed by atoms with Gasteiger partial charge in [0.05, 0.1) is 22.2 Å². The molecule has 1 aliphatic heterocycles. The van der Waals surface area contributed by atoms with Gasteiger partial charge in [0.25, 0.3) is 0 Å². The smallest absolute Gasteiger partial charge is 0.235 e. The van der Waals surface area contributed by atoms with E-state index in [0.717, 1.165) is 55.1 Å². The molecule has 0 saturated carbocycles. The molecular weight excluding hydrogens is 595 g/mol. The predicted octanol–water partition coefficient (Wildman–Crippen LogP) is 11.6. The summed E-state index contributed by atoms with van der Waals surface area (Å²) in [5.41, 5.74) is 9.34. The molecule has 0 fully saturated rings. The molecule has 1 aliphatic rings. The number of rotatable bonds is 2. The number of aromatic nitrogens is 3. The molecule has 0 spiro atoms. The zero-order chi connectivity index (χ0) is 30.6. The van der Waals surface area contributed by atoms with Crippen LogP contribution in [0.1, 0.15) is 0 Å². The van der Waals surface area contributed by atoms with Crippen LogP contribution in [0.2, 0.25) is 0 Å². The Morgan fingerprint density at radius 3 is 2.23 bits per heavy atom. The molecule has 0 aliphatic carbocycles. The normalized spacial score (nSPS) is 12.6. The maximum Gasteiger partial charge on any atom is 0.235 e. The van der Waals surface area contributed by atoms with Crippen LogP contribution in [-0.2, 0) is 0 Å². The number of fused-ring (bicyclic) bond motifs is 9. The van der Waals surface area contributed by atoms with Crippen molar-refractivity contribution in [3.8, 4) is 28.3 Å². The average molecular weight is 618 g/mol. The monoisotopic (exact) mass is 617 g/mol. The van der Waals surface area contributed by atoms with Crippen molar-refractivity contribution in [3.63, 3.8) is 0 Å². The van der Waals surface area contributed by atoms with Crippen LogP contribution in [-0.4, -0.2) is 14.5 Å². The highest BCUT2D eigenvalue weighted by Gasteiger charge is 2.24. The number of benzene rings is 7. The largest absolute Gasteiger partial charge is 0.456 e. The summed E-state index contributed by atoms with van der Waals surface area (Å²) in [5, 5.41) is 8.19. The number of para-hydroxylation sites is 3. The van der Waals surface area contributed by atoms with Gasteiger partial charge in [0.1, 0.15) is 11.2 Å². The van der Waals surface area contributed by atoms with E-state index in [-0.39, 0.29) is 0 Å². The SMILES string of the molecule is c1cc2c3c(cccc3c1)-c1cc3c4ccccc4n(-c4nc(-c5ccc6oc7ccccc7c6c5)c5ccccc5n4)c3cc1S2. The van der Waals surface area contributed by atoms with E-state index in [1.54, 1.807) is 0 Å². The van der Waals surface area contributed by atoms with Crippen LogP contribution >= 0.6 is 11.8 Å². The lowest BCUT2D eigenvalue weighted by Crippen LogP contribution is -2.03. The summed E-state index contributed by atoms with van der Waals surface area (Å²) in [6.45, 7) is 0. The molecule has 10 aromatic rings. The molecule has 0 unspecified atom stereocenters. The van der Waals surface area contributed by atoms with E-state index in [9.17, 15) is 0 Å². The summed E-state index contributed by atoms with van der Waals surface area (Å²) in [6, 6.07) is 49.4. The first-order valence-corrected chi connectivity index (χ1v) is 16.6. The van der Waals surface area contributed by atoms with Gasteiger partial charge in [0.2, 0.25) is 5.95 Å². The molecule has 0 bridgehead atoms. The van der Waals surface area contributed by atoms with E-state index in [0.29, 0.717) is 5.95 Å². The number of hydrogen-bond donors (Lipinski definition) is 0. The highest BCUT2D eigenvalue weighted by molar-refractivity contribution is 7.99. The first kappa shape index (κ1) is 25.3. The molecule has 218 valence electrons. The highest BCUT2D eigenvalue weighted by atomic mass is 32.2. The maximum atomic E-state index is 6.16. The minimum absolute atomic E-state index is 0.658. The van der Waals surface area contributed by atoms with Crippen LogP contribution in [0.25, 0.3) is 93.8 Å². The molecule has 7 aromatic carbocycles. The highest BCUT2D eigenvalue weighted by Crippen LogP contribution is 2.50. The van der Waals surface area contributed by atoms with E-state index in [4.69, 9.17) is 14.4 Å². The topological polar surface area (TPSA) is 43.9 Å². The summed E-state index contributed by atoms with van der Waals surface area (Å²) in [5.74, 6) is 0.658. The average Bonchev–Trinajstić information content (AvgIpc) is 3.65. The van der Waals surface area contributed by atoms with Crippen molar-refractivity contribution in [1.82, 2.24) is 14.5 Å². The van der Waals surface area contributed by atoms with Crippen LogP contribution in [0.15, 0.2) is 154 Å². The maximum absolute atomic E-state index is 6.16. The van der Waals surface area contributed by atoms with Crippen LogP contribution in [0.4, 0.5) is 0 Å². The zero-order valence-electron chi connectivity index (χ0n) is 24.9. The molecule has 0 radical (unpaired) electrons.